The van der Waals surface area contributed by atoms with Gasteiger partial charge in [0.2, 0.25) is 0 Å². The molecule has 0 saturated heterocycles. The van der Waals surface area contributed by atoms with E-state index in [1.54, 1.807) is 0 Å². The van der Waals surface area contributed by atoms with Gasteiger partial charge in [-0.3, -0.25) is 0 Å². The number of hydrogen-bond acceptors (Lipinski definition) is 1. The summed E-state index contributed by atoms with van der Waals surface area (Å²) < 4.78 is 0. The average Bonchev–Trinajstić information content (AvgIpc) is 2.83. The number of rotatable bonds is 29. The maximum Gasteiger partial charge on any atom is -0.00187 e. The van der Waals surface area contributed by atoms with Crippen molar-refractivity contribution in [3.05, 3.63) is 0 Å². The third kappa shape index (κ3) is 28.1. The van der Waals surface area contributed by atoms with Crippen molar-refractivity contribution in [2.75, 3.05) is 19.6 Å². The summed E-state index contributed by atoms with van der Waals surface area (Å²) >= 11 is 0. The molecule has 0 heterocycles. The molecule has 0 atom stereocenters. The van der Waals surface area contributed by atoms with Crippen molar-refractivity contribution in [3.8, 4) is 0 Å². The van der Waals surface area contributed by atoms with Gasteiger partial charge in [-0.15, -0.1) is 0 Å². The summed E-state index contributed by atoms with van der Waals surface area (Å²) in [5.41, 5.74) is 0. The summed E-state index contributed by atoms with van der Waals surface area (Å²) in [5.74, 6) is 0. The van der Waals surface area contributed by atoms with E-state index in [9.17, 15) is 0 Å². The van der Waals surface area contributed by atoms with Crippen molar-refractivity contribution in [1.29, 1.82) is 0 Å². The van der Waals surface area contributed by atoms with E-state index >= 15 is 0 Å². The molecule has 0 radical (unpaired) electrons. The Balaban J connectivity index is 3.49. The van der Waals surface area contributed by atoms with Gasteiger partial charge < -0.3 is 4.90 Å². The Kier molecular flexibility index (Phi) is 30.0. The average molecular weight is 466 g/mol. The van der Waals surface area contributed by atoms with Crippen LogP contribution in [-0.4, -0.2) is 24.5 Å². The zero-order chi connectivity index (χ0) is 24.1. The van der Waals surface area contributed by atoms with Crippen molar-refractivity contribution in [2.45, 2.75) is 188 Å². The van der Waals surface area contributed by atoms with Crippen LogP contribution in [0.3, 0.4) is 0 Å². The Morgan fingerprint density at radius 3 is 0.727 bits per heavy atom. The van der Waals surface area contributed by atoms with Crippen molar-refractivity contribution in [3.63, 3.8) is 0 Å². The molecule has 0 aliphatic heterocycles. The standard InChI is InChI=1S/C32H67N/c1-4-7-10-12-14-16-18-20-22-24-26-28-31-33(30-9-6-3)32-29-27-25-23-21-19-17-15-13-11-8-5-2/h4-32H2,1-3H3. The fraction of sp³-hybridized carbons (Fsp3) is 1.00. The fourth-order valence-corrected chi connectivity index (χ4v) is 5.07. The van der Waals surface area contributed by atoms with Crippen LogP contribution in [0.2, 0.25) is 0 Å². The van der Waals surface area contributed by atoms with E-state index in [0.29, 0.717) is 0 Å². The first-order chi connectivity index (χ1) is 16.3. The fourth-order valence-electron chi connectivity index (χ4n) is 5.07. The van der Waals surface area contributed by atoms with Crippen LogP contribution in [0.1, 0.15) is 188 Å². The lowest BCUT2D eigenvalue weighted by molar-refractivity contribution is 0.256. The van der Waals surface area contributed by atoms with Gasteiger partial charge >= 0.3 is 0 Å². The summed E-state index contributed by atoms with van der Waals surface area (Å²) in [6.45, 7) is 11.0. The van der Waals surface area contributed by atoms with E-state index in [0.717, 1.165) is 0 Å². The second-order valence-electron chi connectivity index (χ2n) is 11.0. The largest absolute Gasteiger partial charge is 0.303 e. The lowest BCUT2D eigenvalue weighted by atomic mass is 10.0. The van der Waals surface area contributed by atoms with Crippen LogP contribution in [0.25, 0.3) is 0 Å². The summed E-state index contributed by atoms with van der Waals surface area (Å²) in [5, 5.41) is 0. The van der Waals surface area contributed by atoms with E-state index in [1.807, 2.05) is 0 Å². The molecule has 0 aliphatic carbocycles. The molecule has 0 aromatic carbocycles. The Bertz CT molecular complexity index is 298. The number of unbranched alkanes of at least 4 members (excludes halogenated alkanes) is 23. The van der Waals surface area contributed by atoms with E-state index in [1.165, 1.54) is 187 Å². The molecule has 0 spiro atoms. The lowest BCUT2D eigenvalue weighted by Crippen LogP contribution is -2.27. The molecular formula is C32H67N. The second kappa shape index (κ2) is 30.0. The van der Waals surface area contributed by atoms with Crippen molar-refractivity contribution in [2.24, 2.45) is 0 Å². The summed E-state index contributed by atoms with van der Waals surface area (Å²) in [6.07, 6.45) is 37.7. The van der Waals surface area contributed by atoms with E-state index in [-0.39, 0.29) is 0 Å². The Hall–Kier alpha value is -0.0400. The van der Waals surface area contributed by atoms with E-state index < -0.39 is 0 Å². The summed E-state index contributed by atoms with van der Waals surface area (Å²) in [6, 6.07) is 0. The first kappa shape index (κ1) is 33.0. The smallest absolute Gasteiger partial charge is 0.00187 e. The molecule has 0 saturated carbocycles. The SMILES string of the molecule is CCCCCCCCCCCCCCN(CCCC)CCCCCCCCCCCCCC. The van der Waals surface area contributed by atoms with Crippen LogP contribution >= 0.6 is 0 Å². The van der Waals surface area contributed by atoms with Gasteiger partial charge in [-0.25, -0.2) is 0 Å². The minimum Gasteiger partial charge on any atom is -0.303 e. The molecule has 0 unspecified atom stereocenters. The van der Waals surface area contributed by atoms with Crippen LogP contribution in [0, 0.1) is 0 Å². The predicted molar refractivity (Wildman–Crippen MR) is 154 cm³/mol. The maximum atomic E-state index is 2.79. The molecule has 1 heteroatoms. The topological polar surface area (TPSA) is 3.24 Å². The Morgan fingerprint density at radius 1 is 0.242 bits per heavy atom. The lowest BCUT2D eigenvalue weighted by Gasteiger charge is -2.22. The van der Waals surface area contributed by atoms with Crippen molar-refractivity contribution in [1.82, 2.24) is 4.90 Å². The van der Waals surface area contributed by atoms with Crippen LogP contribution in [-0.2, 0) is 0 Å². The van der Waals surface area contributed by atoms with Gasteiger partial charge in [0.05, 0.1) is 0 Å². The van der Waals surface area contributed by atoms with Gasteiger partial charge in [0.25, 0.3) is 0 Å². The maximum absolute atomic E-state index is 2.79. The number of nitrogens with zero attached hydrogens (tertiary/aromatic N) is 1. The highest BCUT2D eigenvalue weighted by Crippen LogP contribution is 2.14. The van der Waals surface area contributed by atoms with Gasteiger partial charge in [0, 0.05) is 0 Å². The highest BCUT2D eigenvalue weighted by Gasteiger charge is 2.04. The monoisotopic (exact) mass is 466 g/mol. The van der Waals surface area contributed by atoms with Crippen molar-refractivity contribution < 1.29 is 0 Å². The van der Waals surface area contributed by atoms with Gasteiger partial charge in [0.15, 0.2) is 0 Å². The molecule has 33 heavy (non-hydrogen) atoms. The van der Waals surface area contributed by atoms with Gasteiger partial charge in [-0.2, -0.15) is 0 Å². The minimum atomic E-state index is 1.34. The highest BCUT2D eigenvalue weighted by atomic mass is 15.1. The van der Waals surface area contributed by atoms with E-state index in [4.69, 9.17) is 0 Å². The second-order valence-corrected chi connectivity index (χ2v) is 11.0. The quantitative estimate of drug-likeness (QED) is 0.0992. The van der Waals surface area contributed by atoms with Crippen LogP contribution in [0.4, 0.5) is 0 Å². The normalized spacial score (nSPS) is 11.6. The molecule has 0 N–H and O–H groups in total. The molecule has 0 aromatic heterocycles. The summed E-state index contributed by atoms with van der Waals surface area (Å²) in [7, 11) is 0. The van der Waals surface area contributed by atoms with Crippen molar-refractivity contribution >= 4 is 0 Å². The molecule has 0 aromatic rings. The number of hydrogen-bond donors (Lipinski definition) is 0. The van der Waals surface area contributed by atoms with Gasteiger partial charge in [-0.1, -0.05) is 168 Å². The molecule has 200 valence electrons. The predicted octanol–water partition coefficient (Wildman–Crippen LogP) is 11.5. The van der Waals surface area contributed by atoms with E-state index in [2.05, 4.69) is 25.7 Å². The Labute approximate surface area is 212 Å². The molecule has 1 nitrogen and oxygen atoms in total. The summed E-state index contributed by atoms with van der Waals surface area (Å²) in [4.78, 5) is 2.79. The zero-order valence-electron chi connectivity index (χ0n) is 24.0. The third-order valence-corrected chi connectivity index (χ3v) is 7.48. The molecule has 0 rings (SSSR count). The molecule has 0 fully saturated rings. The zero-order valence-corrected chi connectivity index (χ0v) is 24.0. The van der Waals surface area contributed by atoms with Gasteiger partial charge in [-0.05, 0) is 38.9 Å². The molecule has 0 bridgehead atoms. The highest BCUT2D eigenvalue weighted by molar-refractivity contribution is 4.60. The van der Waals surface area contributed by atoms with Crippen LogP contribution in [0.5, 0.6) is 0 Å². The molecule has 0 aliphatic rings. The minimum absolute atomic E-state index is 1.34. The third-order valence-electron chi connectivity index (χ3n) is 7.48. The van der Waals surface area contributed by atoms with Crippen LogP contribution < -0.4 is 0 Å². The first-order valence-electron chi connectivity index (χ1n) is 16.1. The first-order valence-corrected chi connectivity index (χ1v) is 16.1. The molecule has 0 amide bonds. The van der Waals surface area contributed by atoms with Crippen LogP contribution in [0.15, 0.2) is 0 Å². The Morgan fingerprint density at radius 2 is 0.455 bits per heavy atom. The molecular weight excluding hydrogens is 398 g/mol. The van der Waals surface area contributed by atoms with Gasteiger partial charge in [0.1, 0.15) is 0 Å².